The van der Waals surface area contributed by atoms with Crippen molar-refractivity contribution in [1.82, 2.24) is 0 Å². The Morgan fingerprint density at radius 2 is 0.902 bits per heavy atom. The SMILES string of the molecule is c1ccc(-c2ccc(N(c3ccc4c(c3)C3(c5ccccc5-c5ccccc53)c3ccccc3-4)c3ccc4oc5c6ccccc6ccc5c4c3-c3ccccc3)cc2)cc1. The number of nitrogens with zero attached hydrogens (tertiary/aromatic N) is 1. The first-order chi connectivity index (χ1) is 30.3. The summed E-state index contributed by atoms with van der Waals surface area (Å²) in [6, 6.07) is 82.2. The van der Waals surface area contributed by atoms with Gasteiger partial charge in [-0.15, -0.1) is 0 Å². The van der Waals surface area contributed by atoms with E-state index in [1.54, 1.807) is 0 Å². The highest BCUT2D eigenvalue weighted by Gasteiger charge is 2.51. The fraction of sp³-hybridized carbons (Fsp3) is 0.0169. The number of furan rings is 1. The van der Waals surface area contributed by atoms with Gasteiger partial charge in [-0.1, -0.05) is 182 Å². The Morgan fingerprint density at radius 1 is 0.361 bits per heavy atom. The van der Waals surface area contributed by atoms with E-state index in [2.05, 4.69) is 229 Å². The van der Waals surface area contributed by atoms with Gasteiger partial charge in [-0.05, 0) is 109 Å². The topological polar surface area (TPSA) is 16.4 Å². The van der Waals surface area contributed by atoms with Crippen LogP contribution in [-0.2, 0) is 5.41 Å². The Kier molecular flexibility index (Phi) is 7.26. The Bertz CT molecular complexity index is 3460. The van der Waals surface area contributed by atoms with Gasteiger partial charge in [0.15, 0.2) is 0 Å². The van der Waals surface area contributed by atoms with E-state index in [0.717, 1.165) is 55.5 Å². The first-order valence-electron chi connectivity index (χ1n) is 21.1. The van der Waals surface area contributed by atoms with Gasteiger partial charge in [-0.25, -0.2) is 0 Å². The van der Waals surface area contributed by atoms with Crippen molar-refractivity contribution >= 4 is 49.8 Å². The number of anilines is 3. The maximum Gasteiger partial charge on any atom is 0.143 e. The van der Waals surface area contributed by atoms with Crippen molar-refractivity contribution in [3.63, 3.8) is 0 Å². The monoisotopic (exact) mass is 775 g/mol. The first kappa shape index (κ1) is 34.0. The standard InChI is InChI=1S/C59H37NO/c1-3-15-38(16-4-1)39-27-30-42(31-28-39)60(54-35-36-55-57(56(54)41-18-5-2-6-19-41)49-33-29-40-17-7-8-20-44(40)58(49)61-55)43-32-34-48-47-23-11-14-26-52(47)59(53(48)37-43)50-24-12-9-21-45(50)46-22-10-13-25-51(46)59/h1-37H. The van der Waals surface area contributed by atoms with Crippen LogP contribution >= 0.6 is 0 Å². The van der Waals surface area contributed by atoms with Gasteiger partial charge in [-0.3, -0.25) is 0 Å². The van der Waals surface area contributed by atoms with E-state index in [1.165, 1.54) is 61.0 Å². The summed E-state index contributed by atoms with van der Waals surface area (Å²) in [6.45, 7) is 0. The Hall–Kier alpha value is -7.94. The third-order valence-corrected chi connectivity index (χ3v) is 13.3. The van der Waals surface area contributed by atoms with Crippen molar-refractivity contribution in [2.24, 2.45) is 0 Å². The minimum atomic E-state index is -0.466. The van der Waals surface area contributed by atoms with Crippen molar-refractivity contribution in [1.29, 1.82) is 0 Å². The second-order valence-corrected chi connectivity index (χ2v) is 16.3. The fourth-order valence-electron chi connectivity index (χ4n) is 10.8. The lowest BCUT2D eigenvalue weighted by Crippen LogP contribution is -2.26. The van der Waals surface area contributed by atoms with Crippen LogP contribution in [0.15, 0.2) is 229 Å². The quantitative estimate of drug-likeness (QED) is 0.173. The average molecular weight is 776 g/mol. The van der Waals surface area contributed by atoms with Crippen LogP contribution in [0.1, 0.15) is 22.3 Å². The van der Waals surface area contributed by atoms with Gasteiger partial charge < -0.3 is 9.32 Å². The second kappa shape index (κ2) is 13.0. The molecule has 1 aromatic heterocycles. The molecule has 0 amide bonds. The molecule has 10 aromatic carbocycles. The number of benzene rings is 10. The highest BCUT2D eigenvalue weighted by molar-refractivity contribution is 6.21. The lowest BCUT2D eigenvalue weighted by Gasteiger charge is -2.33. The molecule has 2 nitrogen and oxygen atoms in total. The maximum absolute atomic E-state index is 6.85. The normalized spacial score (nSPS) is 13.0. The van der Waals surface area contributed by atoms with Crippen LogP contribution in [0.4, 0.5) is 17.1 Å². The van der Waals surface area contributed by atoms with Crippen LogP contribution in [0, 0.1) is 0 Å². The van der Waals surface area contributed by atoms with E-state index in [4.69, 9.17) is 4.42 Å². The number of hydrogen-bond acceptors (Lipinski definition) is 2. The highest BCUT2D eigenvalue weighted by Crippen LogP contribution is 2.63. The van der Waals surface area contributed by atoms with Crippen molar-refractivity contribution in [3.8, 4) is 44.5 Å². The summed E-state index contributed by atoms with van der Waals surface area (Å²) < 4.78 is 6.85. The van der Waals surface area contributed by atoms with E-state index >= 15 is 0 Å². The molecule has 0 bridgehead atoms. The van der Waals surface area contributed by atoms with Gasteiger partial charge in [0, 0.05) is 33.1 Å². The Morgan fingerprint density at radius 3 is 1.57 bits per heavy atom. The predicted octanol–water partition coefficient (Wildman–Crippen LogP) is 15.9. The van der Waals surface area contributed by atoms with Crippen molar-refractivity contribution in [2.45, 2.75) is 5.41 Å². The first-order valence-corrected chi connectivity index (χ1v) is 21.1. The second-order valence-electron chi connectivity index (χ2n) is 16.3. The number of fused-ring (bicyclic) bond motifs is 15. The van der Waals surface area contributed by atoms with Crippen molar-refractivity contribution in [2.75, 3.05) is 4.90 Å². The third-order valence-electron chi connectivity index (χ3n) is 13.3. The molecule has 0 atom stereocenters. The van der Waals surface area contributed by atoms with Gasteiger partial charge >= 0.3 is 0 Å². The van der Waals surface area contributed by atoms with E-state index in [1.807, 2.05) is 0 Å². The summed E-state index contributed by atoms with van der Waals surface area (Å²) >= 11 is 0. The van der Waals surface area contributed by atoms with Crippen LogP contribution in [0.3, 0.4) is 0 Å². The average Bonchev–Trinajstić information content (AvgIpc) is 3.97. The van der Waals surface area contributed by atoms with Gasteiger partial charge in [0.25, 0.3) is 0 Å². The molecule has 1 spiro atoms. The van der Waals surface area contributed by atoms with E-state index in [0.29, 0.717) is 0 Å². The van der Waals surface area contributed by atoms with Gasteiger partial charge in [0.2, 0.25) is 0 Å². The molecule has 61 heavy (non-hydrogen) atoms. The zero-order valence-electron chi connectivity index (χ0n) is 33.2. The van der Waals surface area contributed by atoms with Crippen LogP contribution < -0.4 is 4.90 Å². The Labute approximate surface area is 354 Å². The molecule has 1 heterocycles. The zero-order valence-corrected chi connectivity index (χ0v) is 33.2. The predicted molar refractivity (Wildman–Crippen MR) is 253 cm³/mol. The molecule has 13 rings (SSSR count). The lowest BCUT2D eigenvalue weighted by atomic mass is 9.70. The minimum Gasteiger partial charge on any atom is -0.455 e. The summed E-state index contributed by atoms with van der Waals surface area (Å²) in [5.74, 6) is 0. The van der Waals surface area contributed by atoms with Crippen LogP contribution in [0.5, 0.6) is 0 Å². The summed E-state index contributed by atoms with van der Waals surface area (Å²) in [7, 11) is 0. The molecule has 11 aromatic rings. The molecule has 284 valence electrons. The molecule has 0 radical (unpaired) electrons. The third kappa shape index (κ3) is 4.79. The van der Waals surface area contributed by atoms with Crippen LogP contribution in [0.25, 0.3) is 77.2 Å². The summed E-state index contributed by atoms with van der Waals surface area (Å²) in [4.78, 5) is 2.47. The van der Waals surface area contributed by atoms with Gasteiger partial charge in [-0.2, -0.15) is 0 Å². The van der Waals surface area contributed by atoms with Gasteiger partial charge in [0.1, 0.15) is 11.2 Å². The molecule has 0 N–H and O–H groups in total. The largest absolute Gasteiger partial charge is 0.455 e. The molecule has 0 saturated carbocycles. The molecular formula is C59H37NO. The Balaban J connectivity index is 1.12. The molecule has 0 fully saturated rings. The number of rotatable bonds is 5. The molecule has 2 aliphatic rings. The minimum absolute atomic E-state index is 0.466. The molecule has 2 aliphatic carbocycles. The zero-order chi connectivity index (χ0) is 40.1. The van der Waals surface area contributed by atoms with Gasteiger partial charge in [0.05, 0.1) is 11.1 Å². The van der Waals surface area contributed by atoms with E-state index in [9.17, 15) is 0 Å². The molecule has 0 aliphatic heterocycles. The molecule has 0 saturated heterocycles. The summed E-state index contributed by atoms with van der Waals surface area (Å²) in [5.41, 5.74) is 19.7. The fourth-order valence-corrected chi connectivity index (χ4v) is 10.8. The lowest BCUT2D eigenvalue weighted by molar-refractivity contribution is 0.673. The highest BCUT2D eigenvalue weighted by atomic mass is 16.3. The van der Waals surface area contributed by atoms with E-state index < -0.39 is 5.41 Å². The summed E-state index contributed by atoms with van der Waals surface area (Å²) in [6.07, 6.45) is 0. The maximum atomic E-state index is 6.85. The smallest absolute Gasteiger partial charge is 0.143 e. The van der Waals surface area contributed by atoms with E-state index in [-0.39, 0.29) is 0 Å². The van der Waals surface area contributed by atoms with Crippen LogP contribution in [0.2, 0.25) is 0 Å². The number of hydrogen-bond donors (Lipinski definition) is 0. The molecular weight excluding hydrogens is 739 g/mol. The van der Waals surface area contributed by atoms with Crippen LogP contribution in [-0.4, -0.2) is 0 Å². The van der Waals surface area contributed by atoms with Crippen molar-refractivity contribution < 1.29 is 4.42 Å². The molecule has 2 heteroatoms. The molecule has 0 unspecified atom stereocenters. The summed E-state index contributed by atoms with van der Waals surface area (Å²) in [5, 5.41) is 4.50. The van der Waals surface area contributed by atoms with Crippen molar-refractivity contribution in [3.05, 3.63) is 247 Å².